The standard InChI is InChI=1S/C22H21NO13S2/c1-21-5-4-15(25)17-19(27)23(6-7-35-37(29,30)31)20(28)22(17,21)18(26)12-8-10-11(9-13(12)21)16(3-2-14(10)24)36-38(32,33)34/h2-3,8-9,17,19,24,27H,4-7H2,1H3,(H,29,30,31)(H,32,33,34)/t17-,19+,21-,22+/m0/s1. The van der Waals surface area contributed by atoms with Crippen LogP contribution in [0.25, 0.3) is 10.8 Å². The third-order valence-electron chi connectivity index (χ3n) is 7.82. The third kappa shape index (κ3) is 3.55. The van der Waals surface area contributed by atoms with Crippen LogP contribution in [0.3, 0.4) is 0 Å². The lowest BCUT2D eigenvalue weighted by Crippen LogP contribution is -2.58. The van der Waals surface area contributed by atoms with Gasteiger partial charge in [0, 0.05) is 34.7 Å². The molecule has 0 bridgehead atoms. The molecule has 1 spiro atoms. The van der Waals surface area contributed by atoms with Gasteiger partial charge >= 0.3 is 20.8 Å². The van der Waals surface area contributed by atoms with Crippen LogP contribution in [-0.2, 0) is 40.0 Å². The van der Waals surface area contributed by atoms with E-state index in [0.29, 0.717) is 0 Å². The van der Waals surface area contributed by atoms with Crippen LogP contribution in [-0.4, -0.2) is 77.9 Å². The molecule has 16 heteroatoms. The van der Waals surface area contributed by atoms with Crippen LogP contribution >= 0.6 is 0 Å². The van der Waals surface area contributed by atoms with E-state index in [-0.39, 0.29) is 46.2 Å². The minimum absolute atomic E-state index is 0.00625. The van der Waals surface area contributed by atoms with E-state index in [1.54, 1.807) is 6.92 Å². The molecule has 14 nitrogen and oxygen atoms in total. The van der Waals surface area contributed by atoms with E-state index in [4.69, 9.17) is 4.55 Å². The molecule has 2 aromatic carbocycles. The molecule has 38 heavy (non-hydrogen) atoms. The van der Waals surface area contributed by atoms with E-state index in [2.05, 4.69) is 8.37 Å². The van der Waals surface area contributed by atoms with Crippen LogP contribution in [0.15, 0.2) is 24.3 Å². The lowest BCUT2D eigenvalue weighted by Gasteiger charge is -2.45. The third-order valence-corrected chi connectivity index (χ3v) is 8.67. The number of aromatic hydroxyl groups is 1. The topological polar surface area (TPSA) is 222 Å². The van der Waals surface area contributed by atoms with Gasteiger partial charge in [-0.1, -0.05) is 6.92 Å². The zero-order chi connectivity index (χ0) is 28.0. The second-order valence-corrected chi connectivity index (χ2v) is 11.7. The predicted molar refractivity (Wildman–Crippen MR) is 125 cm³/mol. The number of fused-ring (bicyclic) bond motifs is 3. The number of nitrogens with zero attached hydrogens (tertiary/aromatic N) is 1. The molecule has 4 N–H and O–H groups in total. The molecule has 2 aromatic rings. The maximum atomic E-state index is 14.1. The number of carbonyl (C=O) groups excluding carboxylic acids is 3. The number of Topliss-reactive ketones (excluding diaryl/α,β-unsaturated/α-hetero) is 2. The van der Waals surface area contributed by atoms with Gasteiger partial charge in [0.15, 0.2) is 11.5 Å². The Labute approximate surface area is 215 Å². The van der Waals surface area contributed by atoms with Crippen LogP contribution in [0.2, 0.25) is 0 Å². The highest BCUT2D eigenvalue weighted by Crippen LogP contribution is 2.65. The Bertz CT molecular complexity index is 1650. The van der Waals surface area contributed by atoms with Crippen molar-refractivity contribution in [2.24, 2.45) is 11.3 Å². The number of aliphatic hydroxyl groups is 1. The Hall–Kier alpha value is -3.15. The average Bonchev–Trinajstić information content (AvgIpc) is 3.15. The minimum atomic E-state index is -4.97. The van der Waals surface area contributed by atoms with Crippen LogP contribution in [0.4, 0.5) is 0 Å². The fourth-order valence-electron chi connectivity index (χ4n) is 6.30. The molecule has 2 aliphatic carbocycles. The van der Waals surface area contributed by atoms with E-state index in [9.17, 15) is 46.0 Å². The highest BCUT2D eigenvalue weighted by molar-refractivity contribution is 7.81. The molecule has 0 unspecified atom stereocenters. The van der Waals surface area contributed by atoms with Gasteiger partial charge in [0.2, 0.25) is 5.91 Å². The van der Waals surface area contributed by atoms with Gasteiger partial charge in [0.05, 0.1) is 12.5 Å². The average molecular weight is 572 g/mol. The molecule has 1 saturated carbocycles. The van der Waals surface area contributed by atoms with Gasteiger partial charge in [-0.25, -0.2) is 4.18 Å². The number of phenols is 1. The Balaban J connectivity index is 1.70. The Kier molecular flexibility index (Phi) is 5.69. The number of likely N-dealkylation sites (tertiary alicyclic amines) is 1. The molecular weight excluding hydrogens is 550 g/mol. The lowest BCUT2D eigenvalue weighted by molar-refractivity contribution is -0.143. The zero-order valence-corrected chi connectivity index (χ0v) is 21.2. The molecule has 1 heterocycles. The number of hydrogen-bond acceptors (Lipinski definition) is 11. The normalized spacial score (nSPS) is 28.9. The van der Waals surface area contributed by atoms with Crippen molar-refractivity contribution >= 4 is 49.0 Å². The zero-order valence-electron chi connectivity index (χ0n) is 19.5. The van der Waals surface area contributed by atoms with Crippen molar-refractivity contribution in [1.29, 1.82) is 0 Å². The summed E-state index contributed by atoms with van der Waals surface area (Å²) < 4.78 is 71.6. The summed E-state index contributed by atoms with van der Waals surface area (Å²) in [6, 6.07) is 4.73. The summed E-state index contributed by atoms with van der Waals surface area (Å²) in [5.41, 5.74) is -3.34. The van der Waals surface area contributed by atoms with Gasteiger partial charge in [-0.05, 0) is 36.2 Å². The maximum absolute atomic E-state index is 14.1. The van der Waals surface area contributed by atoms with Crippen LogP contribution in [0.1, 0.15) is 35.7 Å². The van der Waals surface area contributed by atoms with Crippen LogP contribution in [0.5, 0.6) is 11.5 Å². The van der Waals surface area contributed by atoms with Crippen molar-refractivity contribution in [2.75, 3.05) is 13.2 Å². The summed E-state index contributed by atoms with van der Waals surface area (Å²) in [4.78, 5) is 41.8. The first kappa shape index (κ1) is 26.5. The monoisotopic (exact) mass is 571 g/mol. The second kappa shape index (κ2) is 8.17. The first-order chi connectivity index (χ1) is 17.5. The van der Waals surface area contributed by atoms with Crippen molar-refractivity contribution < 1.29 is 58.9 Å². The van der Waals surface area contributed by atoms with E-state index in [0.717, 1.165) is 17.0 Å². The van der Waals surface area contributed by atoms with Crippen molar-refractivity contribution in [3.05, 3.63) is 35.4 Å². The highest BCUT2D eigenvalue weighted by Gasteiger charge is 2.77. The van der Waals surface area contributed by atoms with E-state index >= 15 is 0 Å². The highest BCUT2D eigenvalue weighted by atomic mass is 32.3. The van der Waals surface area contributed by atoms with Crippen molar-refractivity contribution in [1.82, 2.24) is 4.90 Å². The van der Waals surface area contributed by atoms with Crippen molar-refractivity contribution in [3.8, 4) is 11.5 Å². The minimum Gasteiger partial charge on any atom is -0.507 e. The summed E-state index contributed by atoms with van der Waals surface area (Å²) in [5.74, 6) is -4.59. The van der Waals surface area contributed by atoms with Gasteiger partial charge in [-0.3, -0.25) is 23.5 Å². The van der Waals surface area contributed by atoms with E-state index < -0.39 is 74.4 Å². The quantitative estimate of drug-likeness (QED) is 0.268. The maximum Gasteiger partial charge on any atom is 0.446 e. The van der Waals surface area contributed by atoms with Crippen LogP contribution < -0.4 is 4.18 Å². The van der Waals surface area contributed by atoms with Gasteiger partial charge in [-0.2, -0.15) is 16.8 Å². The molecule has 1 amide bonds. The van der Waals surface area contributed by atoms with E-state index in [1.807, 2.05) is 0 Å². The predicted octanol–water partition coefficient (Wildman–Crippen LogP) is 0.127. The molecule has 2 fully saturated rings. The van der Waals surface area contributed by atoms with Crippen molar-refractivity contribution in [2.45, 2.75) is 31.4 Å². The summed E-state index contributed by atoms with van der Waals surface area (Å²) in [7, 11) is -9.84. The van der Waals surface area contributed by atoms with Crippen molar-refractivity contribution in [3.63, 3.8) is 0 Å². The summed E-state index contributed by atoms with van der Waals surface area (Å²) in [5, 5.41) is 21.4. The number of phenolic OH excluding ortho intramolecular Hbond substituents is 1. The number of rotatable bonds is 6. The second-order valence-electron chi connectivity index (χ2n) is 9.61. The molecule has 3 aliphatic rings. The number of amides is 1. The number of carbonyl (C=O) groups is 3. The molecule has 1 aliphatic heterocycles. The SMILES string of the molecule is C[C@@]12CCC(=O)[C@H]3[C@@H](O)N(CCOS(=O)(=O)O)C(=O)[C@]31C(=O)c1cc3c(O)ccc(OS(=O)(=O)O)c3cc12. The van der Waals surface area contributed by atoms with Gasteiger partial charge < -0.3 is 19.3 Å². The smallest absolute Gasteiger partial charge is 0.446 e. The Morgan fingerprint density at radius 1 is 1.05 bits per heavy atom. The molecule has 0 radical (unpaired) electrons. The first-order valence-corrected chi connectivity index (χ1v) is 13.9. The van der Waals surface area contributed by atoms with Gasteiger partial charge in [-0.15, -0.1) is 0 Å². The summed E-state index contributed by atoms with van der Waals surface area (Å²) >= 11 is 0. The molecule has 4 atom stereocenters. The van der Waals surface area contributed by atoms with Gasteiger partial charge in [0.1, 0.15) is 23.2 Å². The fraction of sp³-hybridized carbons (Fsp3) is 0.409. The number of aliphatic hydroxyl groups excluding tert-OH is 1. The molecule has 0 aromatic heterocycles. The number of benzene rings is 2. The fourth-order valence-corrected chi connectivity index (χ4v) is 6.96. The number of ketones is 2. The van der Waals surface area contributed by atoms with Crippen LogP contribution in [0, 0.1) is 11.3 Å². The largest absolute Gasteiger partial charge is 0.507 e. The molecule has 5 rings (SSSR count). The molecule has 1 saturated heterocycles. The first-order valence-electron chi connectivity index (χ1n) is 11.2. The Morgan fingerprint density at radius 3 is 2.37 bits per heavy atom. The van der Waals surface area contributed by atoms with E-state index in [1.165, 1.54) is 12.1 Å². The lowest BCUT2D eigenvalue weighted by atomic mass is 9.52. The molecule has 204 valence electrons. The molecular formula is C22H21NO13S2. The summed E-state index contributed by atoms with van der Waals surface area (Å²) in [6.07, 6.45) is -1.94. The Morgan fingerprint density at radius 2 is 1.74 bits per heavy atom. The summed E-state index contributed by atoms with van der Waals surface area (Å²) in [6.45, 7) is 0.224. The van der Waals surface area contributed by atoms with Gasteiger partial charge in [0.25, 0.3) is 0 Å². The number of hydrogen-bond donors (Lipinski definition) is 4.